The van der Waals surface area contributed by atoms with Crippen LogP contribution in [0, 0.1) is 5.92 Å². The highest BCUT2D eigenvalue weighted by Gasteiger charge is 2.20. The monoisotopic (exact) mass is 405 g/mol. The minimum Gasteiger partial charge on any atom is -0.383 e. The van der Waals surface area contributed by atoms with E-state index in [1.54, 1.807) is 7.11 Å². The molecule has 3 aromatic rings. The molecule has 1 aliphatic rings. The Hall–Kier alpha value is -2.14. The molecule has 0 atom stereocenters. The van der Waals surface area contributed by atoms with Gasteiger partial charge in [0, 0.05) is 43.8 Å². The van der Waals surface area contributed by atoms with Crippen molar-refractivity contribution in [2.45, 2.75) is 32.4 Å². The lowest BCUT2D eigenvalue weighted by molar-refractivity contribution is 0.158. The molecule has 0 saturated carbocycles. The van der Waals surface area contributed by atoms with E-state index in [0.717, 1.165) is 32.2 Å². The van der Waals surface area contributed by atoms with E-state index in [1.165, 1.54) is 59.9 Å². The number of hydrogen-bond acceptors (Lipinski definition) is 3. The number of nitrogens with one attached hydrogen (secondary N) is 1. The summed E-state index contributed by atoms with van der Waals surface area (Å²) in [5, 5.41) is 1.37. The zero-order valence-electron chi connectivity index (χ0n) is 18.4. The zero-order chi connectivity index (χ0) is 20.8. The Balaban J connectivity index is 1.24. The van der Waals surface area contributed by atoms with Gasteiger partial charge in [0.15, 0.2) is 0 Å². The van der Waals surface area contributed by atoms with Gasteiger partial charge >= 0.3 is 0 Å². The molecule has 0 radical (unpaired) electrons. The van der Waals surface area contributed by atoms with Crippen LogP contribution >= 0.6 is 0 Å². The summed E-state index contributed by atoms with van der Waals surface area (Å²) in [7, 11) is 3.91. The molecule has 4 nitrogen and oxygen atoms in total. The van der Waals surface area contributed by atoms with Gasteiger partial charge in [0.25, 0.3) is 0 Å². The minimum atomic E-state index is 0.785. The first kappa shape index (κ1) is 21.1. The van der Waals surface area contributed by atoms with Crippen molar-refractivity contribution in [3.63, 3.8) is 0 Å². The topological polar surface area (TPSA) is 31.5 Å². The van der Waals surface area contributed by atoms with Crippen LogP contribution in [0.25, 0.3) is 10.9 Å². The van der Waals surface area contributed by atoms with E-state index in [2.05, 4.69) is 70.4 Å². The normalized spacial score (nSPS) is 16.0. The molecule has 1 aromatic heterocycles. The average molecular weight is 406 g/mol. The van der Waals surface area contributed by atoms with E-state index in [4.69, 9.17) is 4.74 Å². The predicted octanol–water partition coefficient (Wildman–Crippen LogP) is 4.70. The smallest absolute Gasteiger partial charge is 0.0589 e. The van der Waals surface area contributed by atoms with E-state index in [1.807, 2.05) is 6.20 Å². The van der Waals surface area contributed by atoms with Crippen molar-refractivity contribution in [1.29, 1.82) is 0 Å². The Kier molecular flexibility index (Phi) is 7.21. The Morgan fingerprint density at radius 3 is 2.57 bits per heavy atom. The molecule has 1 aliphatic heterocycles. The molecule has 1 saturated heterocycles. The number of methoxy groups -OCH3 is 1. The number of aromatic nitrogens is 1. The van der Waals surface area contributed by atoms with Gasteiger partial charge < -0.3 is 9.72 Å². The lowest BCUT2D eigenvalue weighted by Crippen LogP contribution is -2.33. The second-order valence-electron chi connectivity index (χ2n) is 8.83. The van der Waals surface area contributed by atoms with Crippen molar-refractivity contribution in [3.05, 3.63) is 71.4 Å². The van der Waals surface area contributed by atoms with Gasteiger partial charge in [0.05, 0.1) is 6.61 Å². The van der Waals surface area contributed by atoms with Gasteiger partial charge in [-0.25, -0.2) is 0 Å². The van der Waals surface area contributed by atoms with E-state index in [-0.39, 0.29) is 0 Å². The maximum absolute atomic E-state index is 5.16. The Labute approximate surface area is 180 Å². The molecule has 0 unspecified atom stereocenters. The molecule has 30 heavy (non-hydrogen) atoms. The van der Waals surface area contributed by atoms with E-state index in [9.17, 15) is 0 Å². The van der Waals surface area contributed by atoms with Gasteiger partial charge in [-0.05, 0) is 74.1 Å². The summed E-state index contributed by atoms with van der Waals surface area (Å²) in [6.45, 7) is 6.20. The maximum Gasteiger partial charge on any atom is 0.0589 e. The molecule has 160 valence electrons. The summed E-state index contributed by atoms with van der Waals surface area (Å²) in [6.07, 6.45) is 5.85. The van der Waals surface area contributed by atoms with Gasteiger partial charge in [0.1, 0.15) is 0 Å². The molecule has 0 aliphatic carbocycles. The number of aromatic amines is 1. The number of likely N-dealkylation sites (N-methyl/N-ethyl adjacent to an activating group) is 1. The van der Waals surface area contributed by atoms with Crippen LogP contribution in [0.3, 0.4) is 0 Å². The predicted molar refractivity (Wildman–Crippen MR) is 125 cm³/mol. The summed E-state index contributed by atoms with van der Waals surface area (Å²) < 4.78 is 5.16. The molecule has 1 fully saturated rings. The Morgan fingerprint density at radius 2 is 1.80 bits per heavy atom. The number of benzene rings is 2. The van der Waals surface area contributed by atoms with Gasteiger partial charge in [-0.2, -0.15) is 0 Å². The highest BCUT2D eigenvalue weighted by atomic mass is 16.5. The Bertz CT molecular complexity index is 909. The van der Waals surface area contributed by atoms with Crippen molar-refractivity contribution in [3.8, 4) is 0 Å². The Morgan fingerprint density at radius 1 is 1.03 bits per heavy atom. The number of rotatable bonds is 9. The molecular formula is C26H35N3O. The fourth-order valence-corrected chi connectivity index (χ4v) is 4.63. The van der Waals surface area contributed by atoms with Crippen LogP contribution < -0.4 is 0 Å². The molecule has 0 spiro atoms. The standard InChI is InChI=1S/C26H35N3O/c1-28(16-17-30-2)19-23-8-6-21(7-9-23)18-22-11-14-29(15-12-22)20-24-4-3-5-26-25(24)10-13-27-26/h3-10,13,22,27H,11-12,14-20H2,1-2H3. The molecular weight excluding hydrogens is 370 g/mol. The maximum atomic E-state index is 5.16. The van der Waals surface area contributed by atoms with Crippen LogP contribution in [0.5, 0.6) is 0 Å². The number of likely N-dealkylation sites (tertiary alicyclic amines) is 1. The van der Waals surface area contributed by atoms with Crippen molar-refractivity contribution in [2.24, 2.45) is 5.92 Å². The molecule has 1 N–H and O–H groups in total. The third kappa shape index (κ3) is 5.51. The summed E-state index contributed by atoms with van der Waals surface area (Å²) in [5.41, 5.74) is 5.55. The third-order valence-corrected chi connectivity index (χ3v) is 6.46. The number of nitrogens with zero attached hydrogens (tertiary/aromatic N) is 2. The fraction of sp³-hybridized carbons (Fsp3) is 0.462. The summed E-state index contributed by atoms with van der Waals surface area (Å²) in [4.78, 5) is 8.26. The summed E-state index contributed by atoms with van der Waals surface area (Å²) in [6, 6.07) is 18.1. The van der Waals surface area contributed by atoms with Crippen LogP contribution in [0.1, 0.15) is 29.5 Å². The largest absolute Gasteiger partial charge is 0.383 e. The van der Waals surface area contributed by atoms with Crippen LogP contribution in [-0.2, 0) is 24.2 Å². The molecule has 4 heteroatoms. The van der Waals surface area contributed by atoms with E-state index >= 15 is 0 Å². The van der Waals surface area contributed by atoms with Crippen molar-refractivity contribution >= 4 is 10.9 Å². The summed E-state index contributed by atoms with van der Waals surface area (Å²) in [5.74, 6) is 0.805. The van der Waals surface area contributed by atoms with Gasteiger partial charge in [-0.3, -0.25) is 9.80 Å². The van der Waals surface area contributed by atoms with Crippen molar-refractivity contribution in [1.82, 2.24) is 14.8 Å². The fourth-order valence-electron chi connectivity index (χ4n) is 4.63. The zero-order valence-corrected chi connectivity index (χ0v) is 18.4. The molecule has 2 aromatic carbocycles. The lowest BCUT2D eigenvalue weighted by Gasteiger charge is -2.32. The van der Waals surface area contributed by atoms with Crippen LogP contribution in [-0.4, -0.2) is 55.2 Å². The number of hydrogen-bond donors (Lipinski definition) is 1. The molecule has 0 amide bonds. The minimum absolute atomic E-state index is 0.785. The van der Waals surface area contributed by atoms with Crippen LogP contribution in [0.15, 0.2) is 54.7 Å². The number of ether oxygens (including phenoxy) is 1. The van der Waals surface area contributed by atoms with E-state index < -0.39 is 0 Å². The number of piperidine rings is 1. The highest BCUT2D eigenvalue weighted by Crippen LogP contribution is 2.25. The second kappa shape index (κ2) is 10.3. The SMILES string of the molecule is COCCN(C)Cc1ccc(CC2CCN(Cc3cccc4[nH]ccc34)CC2)cc1. The lowest BCUT2D eigenvalue weighted by atomic mass is 9.89. The number of fused-ring (bicyclic) bond motifs is 1. The molecule has 4 rings (SSSR count). The average Bonchev–Trinajstić information content (AvgIpc) is 3.25. The quantitative estimate of drug-likeness (QED) is 0.560. The first-order valence-corrected chi connectivity index (χ1v) is 11.2. The van der Waals surface area contributed by atoms with Gasteiger partial charge in [0.2, 0.25) is 0 Å². The molecule has 2 heterocycles. The van der Waals surface area contributed by atoms with Gasteiger partial charge in [-0.1, -0.05) is 36.4 Å². The first-order valence-electron chi connectivity index (χ1n) is 11.2. The van der Waals surface area contributed by atoms with Crippen molar-refractivity contribution < 1.29 is 4.74 Å². The van der Waals surface area contributed by atoms with Gasteiger partial charge in [-0.15, -0.1) is 0 Å². The second-order valence-corrected chi connectivity index (χ2v) is 8.83. The van der Waals surface area contributed by atoms with Crippen LogP contribution in [0.4, 0.5) is 0 Å². The van der Waals surface area contributed by atoms with E-state index in [0.29, 0.717) is 0 Å². The number of H-pyrrole nitrogens is 1. The highest BCUT2D eigenvalue weighted by molar-refractivity contribution is 5.82. The summed E-state index contributed by atoms with van der Waals surface area (Å²) >= 11 is 0. The van der Waals surface area contributed by atoms with Crippen LogP contribution in [0.2, 0.25) is 0 Å². The third-order valence-electron chi connectivity index (χ3n) is 6.46. The van der Waals surface area contributed by atoms with Crippen molar-refractivity contribution in [2.75, 3.05) is 40.4 Å². The first-order chi connectivity index (χ1) is 14.7. The molecule has 0 bridgehead atoms.